The zero-order valence-electron chi connectivity index (χ0n) is 10.3. The molecule has 0 aliphatic carbocycles. The van der Waals surface area contributed by atoms with Gasteiger partial charge in [-0.1, -0.05) is 22.0 Å². The molecular formula is C13H15BrFNO2S. The summed E-state index contributed by atoms with van der Waals surface area (Å²) >= 11 is 5.15. The van der Waals surface area contributed by atoms with Crippen molar-refractivity contribution in [2.24, 2.45) is 0 Å². The molecule has 0 spiro atoms. The Labute approximate surface area is 124 Å². The maximum atomic E-state index is 13.1. The van der Waals surface area contributed by atoms with Crippen LogP contribution in [0, 0.1) is 5.82 Å². The van der Waals surface area contributed by atoms with E-state index in [1.54, 1.807) is 17.8 Å². The highest BCUT2D eigenvalue weighted by Gasteiger charge is 2.25. The van der Waals surface area contributed by atoms with E-state index in [0.717, 1.165) is 28.1 Å². The van der Waals surface area contributed by atoms with Gasteiger partial charge in [0, 0.05) is 35.1 Å². The third-order valence-corrected chi connectivity index (χ3v) is 4.98. The number of benzene rings is 1. The van der Waals surface area contributed by atoms with Gasteiger partial charge >= 0.3 is 5.97 Å². The Bertz CT molecular complexity index is 472. The van der Waals surface area contributed by atoms with Crippen molar-refractivity contribution >= 4 is 33.7 Å². The lowest BCUT2D eigenvalue weighted by Crippen LogP contribution is -2.43. The monoisotopic (exact) mass is 347 g/mol. The number of aliphatic carboxylic acids is 1. The summed E-state index contributed by atoms with van der Waals surface area (Å²) in [6.07, 6.45) is 0.159. The molecule has 1 heterocycles. The van der Waals surface area contributed by atoms with E-state index in [0.29, 0.717) is 6.54 Å². The smallest absolute Gasteiger partial charge is 0.304 e. The molecule has 2 rings (SSSR count). The number of hydrogen-bond donors (Lipinski definition) is 1. The van der Waals surface area contributed by atoms with Crippen molar-refractivity contribution in [2.45, 2.75) is 19.0 Å². The van der Waals surface area contributed by atoms with Crippen LogP contribution in [0.4, 0.5) is 4.39 Å². The molecule has 104 valence electrons. The second-order valence-electron chi connectivity index (χ2n) is 4.53. The Hall–Kier alpha value is -0.590. The van der Waals surface area contributed by atoms with E-state index >= 15 is 0 Å². The molecule has 6 heteroatoms. The average molecular weight is 348 g/mol. The molecule has 1 aromatic rings. The highest BCUT2D eigenvalue weighted by atomic mass is 79.9. The zero-order chi connectivity index (χ0) is 13.8. The molecule has 1 N–H and O–H groups in total. The molecule has 1 aliphatic heterocycles. The van der Waals surface area contributed by atoms with Crippen molar-refractivity contribution in [1.82, 2.24) is 4.90 Å². The molecular weight excluding hydrogens is 333 g/mol. The summed E-state index contributed by atoms with van der Waals surface area (Å²) in [6.45, 7) is 1.52. The van der Waals surface area contributed by atoms with Gasteiger partial charge in [-0.2, -0.15) is 11.8 Å². The highest BCUT2D eigenvalue weighted by Crippen LogP contribution is 2.25. The number of carboxylic acids is 1. The lowest BCUT2D eigenvalue weighted by Gasteiger charge is -2.34. The van der Waals surface area contributed by atoms with Gasteiger partial charge in [0.25, 0.3) is 0 Å². The number of hydrogen-bond acceptors (Lipinski definition) is 3. The SMILES string of the molecule is O=C(O)CC1CSCCN1Cc1ccc(F)cc1Br. The Morgan fingerprint density at radius 1 is 1.58 bits per heavy atom. The summed E-state index contributed by atoms with van der Waals surface area (Å²) in [5.41, 5.74) is 0.990. The quantitative estimate of drug-likeness (QED) is 0.908. The normalized spacial score (nSPS) is 20.4. The summed E-state index contributed by atoms with van der Waals surface area (Å²) in [7, 11) is 0. The van der Waals surface area contributed by atoms with Crippen molar-refractivity contribution in [2.75, 3.05) is 18.1 Å². The van der Waals surface area contributed by atoms with Crippen LogP contribution < -0.4 is 0 Å². The van der Waals surface area contributed by atoms with E-state index in [-0.39, 0.29) is 18.3 Å². The fourth-order valence-corrected chi connectivity index (χ4v) is 3.76. The van der Waals surface area contributed by atoms with E-state index < -0.39 is 5.97 Å². The third kappa shape index (κ3) is 4.19. The van der Waals surface area contributed by atoms with Gasteiger partial charge in [-0.05, 0) is 17.7 Å². The summed E-state index contributed by atoms with van der Waals surface area (Å²) in [6, 6.07) is 4.68. The molecule has 0 saturated carbocycles. The van der Waals surface area contributed by atoms with E-state index in [4.69, 9.17) is 5.11 Å². The molecule has 0 amide bonds. The highest BCUT2D eigenvalue weighted by molar-refractivity contribution is 9.10. The largest absolute Gasteiger partial charge is 0.481 e. The number of rotatable bonds is 4. The van der Waals surface area contributed by atoms with Crippen LogP contribution in [0.25, 0.3) is 0 Å². The average Bonchev–Trinajstić information content (AvgIpc) is 2.34. The summed E-state index contributed by atoms with van der Waals surface area (Å²) in [4.78, 5) is 13.1. The van der Waals surface area contributed by atoms with Crippen LogP contribution >= 0.6 is 27.7 Å². The molecule has 3 nitrogen and oxygen atoms in total. The Kier molecular flexibility index (Phi) is 5.24. The Morgan fingerprint density at radius 2 is 2.37 bits per heavy atom. The van der Waals surface area contributed by atoms with E-state index in [1.807, 2.05) is 0 Å². The van der Waals surface area contributed by atoms with Gasteiger partial charge < -0.3 is 5.11 Å². The lowest BCUT2D eigenvalue weighted by atomic mass is 10.1. The fourth-order valence-electron chi connectivity index (χ4n) is 2.16. The summed E-state index contributed by atoms with van der Waals surface area (Å²) in [5.74, 6) is 0.808. The van der Waals surface area contributed by atoms with Gasteiger partial charge in [0.05, 0.1) is 6.42 Å². The number of carbonyl (C=O) groups is 1. The molecule has 1 saturated heterocycles. The number of thioether (sulfide) groups is 1. The van der Waals surface area contributed by atoms with E-state index in [9.17, 15) is 9.18 Å². The van der Waals surface area contributed by atoms with Crippen molar-refractivity contribution in [1.29, 1.82) is 0 Å². The van der Waals surface area contributed by atoms with E-state index in [1.165, 1.54) is 12.1 Å². The lowest BCUT2D eigenvalue weighted by molar-refractivity contribution is -0.138. The van der Waals surface area contributed by atoms with Gasteiger partial charge in [0.1, 0.15) is 5.82 Å². The maximum absolute atomic E-state index is 13.1. The first-order valence-corrected chi connectivity index (χ1v) is 7.98. The van der Waals surface area contributed by atoms with Gasteiger partial charge in [0.15, 0.2) is 0 Å². The Morgan fingerprint density at radius 3 is 3.05 bits per heavy atom. The predicted octanol–water partition coefficient (Wildman–Crippen LogP) is 2.98. The van der Waals surface area contributed by atoms with E-state index in [2.05, 4.69) is 20.8 Å². The van der Waals surface area contributed by atoms with Crippen LogP contribution in [-0.2, 0) is 11.3 Å². The minimum Gasteiger partial charge on any atom is -0.481 e. The second kappa shape index (κ2) is 6.72. The van der Waals surface area contributed by atoms with Crippen LogP contribution in [0.5, 0.6) is 0 Å². The molecule has 1 aliphatic rings. The summed E-state index contributed by atoms with van der Waals surface area (Å²) < 4.78 is 13.8. The molecule has 1 unspecified atom stereocenters. The number of halogens is 2. The minimum absolute atomic E-state index is 0.0493. The standard InChI is InChI=1S/C13H15BrFNO2S/c14-12-5-10(15)2-1-9(12)7-16-3-4-19-8-11(16)6-13(17)18/h1-2,5,11H,3-4,6-8H2,(H,17,18). The van der Waals surface area contributed by atoms with Gasteiger partial charge in [-0.15, -0.1) is 0 Å². The van der Waals surface area contributed by atoms with Crippen molar-refractivity contribution in [3.05, 3.63) is 34.1 Å². The molecule has 1 atom stereocenters. The topological polar surface area (TPSA) is 40.5 Å². The molecule has 0 bridgehead atoms. The maximum Gasteiger partial charge on any atom is 0.304 e. The van der Waals surface area contributed by atoms with Crippen molar-refractivity contribution in [3.63, 3.8) is 0 Å². The predicted molar refractivity (Wildman–Crippen MR) is 77.9 cm³/mol. The van der Waals surface area contributed by atoms with Crippen LogP contribution in [-0.4, -0.2) is 40.1 Å². The Balaban J connectivity index is 2.08. The van der Waals surface area contributed by atoms with Crippen molar-refractivity contribution in [3.8, 4) is 0 Å². The van der Waals surface area contributed by atoms with Crippen LogP contribution in [0.15, 0.2) is 22.7 Å². The van der Waals surface area contributed by atoms with Crippen molar-refractivity contribution < 1.29 is 14.3 Å². The number of nitrogens with zero attached hydrogens (tertiary/aromatic N) is 1. The number of carboxylic acid groups (broad SMARTS) is 1. The minimum atomic E-state index is -0.768. The molecule has 0 aromatic heterocycles. The first kappa shape index (κ1) is 14.8. The van der Waals surface area contributed by atoms with Gasteiger partial charge in [-0.25, -0.2) is 4.39 Å². The molecule has 0 radical (unpaired) electrons. The first-order chi connectivity index (χ1) is 9.06. The van der Waals surface area contributed by atoms with Crippen LogP contribution in [0.2, 0.25) is 0 Å². The second-order valence-corrected chi connectivity index (χ2v) is 6.54. The summed E-state index contributed by atoms with van der Waals surface area (Å²) in [5, 5.41) is 8.95. The molecule has 19 heavy (non-hydrogen) atoms. The zero-order valence-corrected chi connectivity index (χ0v) is 12.7. The van der Waals surface area contributed by atoms with Gasteiger partial charge in [0.2, 0.25) is 0 Å². The molecule has 1 fully saturated rings. The fraction of sp³-hybridized carbons (Fsp3) is 0.462. The first-order valence-electron chi connectivity index (χ1n) is 6.04. The molecule has 1 aromatic carbocycles. The third-order valence-electron chi connectivity index (χ3n) is 3.15. The van der Waals surface area contributed by atoms with Crippen LogP contribution in [0.3, 0.4) is 0 Å². The van der Waals surface area contributed by atoms with Gasteiger partial charge in [-0.3, -0.25) is 9.69 Å². The van der Waals surface area contributed by atoms with Crippen LogP contribution in [0.1, 0.15) is 12.0 Å².